The van der Waals surface area contributed by atoms with E-state index in [0.717, 1.165) is 11.3 Å². The van der Waals surface area contributed by atoms with Crippen LogP contribution in [0.2, 0.25) is 0 Å². The normalized spacial score (nSPS) is 12.9. The quantitative estimate of drug-likeness (QED) is 0.716. The standard InChI is InChI=1S/C11H18N2O/c1-8(2)14-10-6-4-9(5-7-10)11(12)13-3/h4-8,11,13H,12H2,1-3H3. The molecule has 0 saturated heterocycles. The van der Waals surface area contributed by atoms with Crippen LogP contribution in [-0.4, -0.2) is 13.2 Å². The van der Waals surface area contributed by atoms with Crippen LogP contribution in [0.1, 0.15) is 25.6 Å². The molecule has 0 aliphatic carbocycles. The summed E-state index contributed by atoms with van der Waals surface area (Å²) in [5.74, 6) is 0.882. The number of benzene rings is 1. The minimum absolute atomic E-state index is 0.108. The molecule has 0 heterocycles. The smallest absolute Gasteiger partial charge is 0.119 e. The van der Waals surface area contributed by atoms with Gasteiger partial charge in [0.2, 0.25) is 0 Å². The first-order valence-corrected chi connectivity index (χ1v) is 4.83. The van der Waals surface area contributed by atoms with E-state index in [4.69, 9.17) is 10.5 Å². The Morgan fingerprint density at radius 2 is 1.79 bits per heavy atom. The van der Waals surface area contributed by atoms with Gasteiger partial charge in [-0.3, -0.25) is 0 Å². The molecule has 0 aromatic heterocycles. The van der Waals surface area contributed by atoms with Crippen molar-refractivity contribution in [1.29, 1.82) is 0 Å². The second kappa shape index (κ2) is 4.98. The van der Waals surface area contributed by atoms with Crippen LogP contribution in [0.25, 0.3) is 0 Å². The number of nitrogens with two attached hydrogens (primary N) is 1. The van der Waals surface area contributed by atoms with E-state index in [9.17, 15) is 0 Å². The SMILES string of the molecule is CNC(N)c1ccc(OC(C)C)cc1. The third-order valence-electron chi connectivity index (χ3n) is 1.92. The maximum Gasteiger partial charge on any atom is 0.119 e. The summed E-state index contributed by atoms with van der Waals surface area (Å²) in [6.07, 6.45) is 0.0990. The Morgan fingerprint density at radius 1 is 1.21 bits per heavy atom. The predicted molar refractivity (Wildman–Crippen MR) is 58.2 cm³/mol. The molecule has 0 spiro atoms. The summed E-state index contributed by atoms with van der Waals surface area (Å²) < 4.78 is 5.52. The van der Waals surface area contributed by atoms with Crippen molar-refractivity contribution in [2.45, 2.75) is 26.1 Å². The van der Waals surface area contributed by atoms with Crippen molar-refractivity contribution in [3.8, 4) is 5.75 Å². The second-order valence-electron chi connectivity index (χ2n) is 3.50. The van der Waals surface area contributed by atoms with Gasteiger partial charge < -0.3 is 15.8 Å². The van der Waals surface area contributed by atoms with Crippen LogP contribution in [0, 0.1) is 0 Å². The molecule has 0 bridgehead atoms. The maximum atomic E-state index is 5.79. The van der Waals surface area contributed by atoms with Crippen molar-refractivity contribution in [2.24, 2.45) is 5.73 Å². The van der Waals surface area contributed by atoms with Gasteiger partial charge in [-0.25, -0.2) is 0 Å². The molecule has 78 valence electrons. The Hall–Kier alpha value is -1.06. The summed E-state index contributed by atoms with van der Waals surface area (Å²) in [7, 11) is 1.84. The summed E-state index contributed by atoms with van der Waals surface area (Å²) in [6.45, 7) is 4.01. The van der Waals surface area contributed by atoms with Crippen LogP contribution in [0.4, 0.5) is 0 Å². The van der Waals surface area contributed by atoms with Crippen LogP contribution in [0.5, 0.6) is 5.75 Å². The molecule has 0 saturated carbocycles. The van der Waals surface area contributed by atoms with Gasteiger partial charge >= 0.3 is 0 Å². The molecule has 0 aliphatic heterocycles. The fraction of sp³-hybridized carbons (Fsp3) is 0.455. The lowest BCUT2D eigenvalue weighted by Gasteiger charge is -2.13. The highest BCUT2D eigenvalue weighted by Crippen LogP contribution is 2.16. The van der Waals surface area contributed by atoms with Gasteiger partial charge in [0.05, 0.1) is 12.3 Å². The minimum atomic E-state index is -0.108. The molecule has 0 fully saturated rings. The van der Waals surface area contributed by atoms with Crippen molar-refractivity contribution in [2.75, 3.05) is 7.05 Å². The summed E-state index contributed by atoms with van der Waals surface area (Å²) in [6, 6.07) is 7.82. The van der Waals surface area contributed by atoms with Crippen LogP contribution < -0.4 is 15.8 Å². The third-order valence-corrected chi connectivity index (χ3v) is 1.92. The van der Waals surface area contributed by atoms with Gasteiger partial charge in [0.1, 0.15) is 5.75 Å². The number of rotatable bonds is 4. The number of ether oxygens (including phenoxy) is 1. The molecule has 1 atom stereocenters. The zero-order valence-corrected chi connectivity index (χ0v) is 8.95. The Kier molecular flexibility index (Phi) is 3.92. The fourth-order valence-corrected chi connectivity index (χ4v) is 1.19. The van der Waals surface area contributed by atoms with Crippen molar-refractivity contribution >= 4 is 0 Å². The van der Waals surface area contributed by atoms with Crippen molar-refractivity contribution in [1.82, 2.24) is 5.32 Å². The lowest BCUT2D eigenvalue weighted by Crippen LogP contribution is -2.24. The van der Waals surface area contributed by atoms with Crippen LogP contribution in [0.3, 0.4) is 0 Å². The van der Waals surface area contributed by atoms with Crippen molar-refractivity contribution in [3.63, 3.8) is 0 Å². The molecule has 1 rings (SSSR count). The first-order valence-electron chi connectivity index (χ1n) is 4.83. The molecule has 14 heavy (non-hydrogen) atoms. The summed E-state index contributed by atoms with van der Waals surface area (Å²) in [4.78, 5) is 0. The zero-order chi connectivity index (χ0) is 10.6. The van der Waals surface area contributed by atoms with E-state index in [1.54, 1.807) is 0 Å². The monoisotopic (exact) mass is 194 g/mol. The Morgan fingerprint density at radius 3 is 2.21 bits per heavy atom. The van der Waals surface area contributed by atoms with Crippen LogP contribution in [0.15, 0.2) is 24.3 Å². The second-order valence-corrected chi connectivity index (χ2v) is 3.50. The maximum absolute atomic E-state index is 5.79. The van der Waals surface area contributed by atoms with Crippen LogP contribution >= 0.6 is 0 Å². The summed E-state index contributed by atoms with van der Waals surface area (Å²) in [5, 5.41) is 2.98. The largest absolute Gasteiger partial charge is 0.491 e. The molecule has 3 N–H and O–H groups in total. The lowest BCUT2D eigenvalue weighted by atomic mass is 10.2. The topological polar surface area (TPSA) is 47.3 Å². The molecular weight excluding hydrogens is 176 g/mol. The minimum Gasteiger partial charge on any atom is -0.491 e. The Balaban J connectivity index is 2.68. The zero-order valence-electron chi connectivity index (χ0n) is 8.95. The molecule has 0 amide bonds. The third kappa shape index (κ3) is 3.01. The highest BCUT2D eigenvalue weighted by atomic mass is 16.5. The average Bonchev–Trinajstić information content (AvgIpc) is 2.17. The molecule has 1 unspecified atom stereocenters. The average molecular weight is 194 g/mol. The highest BCUT2D eigenvalue weighted by molar-refractivity contribution is 5.28. The van der Waals surface area contributed by atoms with E-state index < -0.39 is 0 Å². The number of hydrogen-bond acceptors (Lipinski definition) is 3. The Labute approximate surface area is 85.3 Å². The summed E-state index contributed by atoms with van der Waals surface area (Å²) in [5.41, 5.74) is 6.85. The van der Waals surface area contributed by atoms with Gasteiger partial charge in [0.25, 0.3) is 0 Å². The molecule has 0 aliphatic rings. The van der Waals surface area contributed by atoms with Crippen molar-refractivity contribution < 1.29 is 4.74 Å². The fourth-order valence-electron chi connectivity index (χ4n) is 1.19. The molecule has 1 aromatic rings. The number of nitrogens with one attached hydrogen (secondary N) is 1. The van der Waals surface area contributed by atoms with Gasteiger partial charge in [-0.1, -0.05) is 12.1 Å². The van der Waals surface area contributed by atoms with Gasteiger partial charge in [0, 0.05) is 0 Å². The van der Waals surface area contributed by atoms with E-state index in [0.29, 0.717) is 0 Å². The van der Waals surface area contributed by atoms with E-state index in [2.05, 4.69) is 5.32 Å². The van der Waals surface area contributed by atoms with E-state index in [-0.39, 0.29) is 12.3 Å². The lowest BCUT2D eigenvalue weighted by molar-refractivity contribution is 0.242. The highest BCUT2D eigenvalue weighted by Gasteiger charge is 2.02. The van der Waals surface area contributed by atoms with Crippen molar-refractivity contribution in [3.05, 3.63) is 29.8 Å². The van der Waals surface area contributed by atoms with Gasteiger partial charge in [-0.05, 0) is 38.6 Å². The molecule has 3 heteroatoms. The molecule has 1 aromatic carbocycles. The summed E-state index contributed by atoms with van der Waals surface area (Å²) >= 11 is 0. The van der Waals surface area contributed by atoms with Gasteiger partial charge in [0.15, 0.2) is 0 Å². The van der Waals surface area contributed by atoms with E-state index in [1.807, 2.05) is 45.2 Å². The molecule has 3 nitrogen and oxygen atoms in total. The van der Waals surface area contributed by atoms with Crippen LogP contribution in [-0.2, 0) is 0 Å². The van der Waals surface area contributed by atoms with E-state index >= 15 is 0 Å². The first kappa shape index (κ1) is 11.0. The molecule has 0 radical (unpaired) electrons. The first-order chi connectivity index (χ1) is 6.63. The predicted octanol–water partition coefficient (Wildman–Crippen LogP) is 1.65. The number of hydrogen-bond donors (Lipinski definition) is 2. The van der Waals surface area contributed by atoms with E-state index in [1.165, 1.54) is 0 Å². The Bertz CT molecular complexity index is 269. The van der Waals surface area contributed by atoms with Gasteiger partial charge in [-0.2, -0.15) is 0 Å². The van der Waals surface area contributed by atoms with Gasteiger partial charge in [-0.15, -0.1) is 0 Å². The molecular formula is C11H18N2O.